The van der Waals surface area contributed by atoms with Gasteiger partial charge in [-0.25, -0.2) is 0 Å². The molecule has 1 fully saturated rings. The van der Waals surface area contributed by atoms with Crippen molar-refractivity contribution in [1.29, 1.82) is 0 Å². The van der Waals surface area contributed by atoms with Crippen LogP contribution in [0.4, 0.5) is 13.2 Å². The lowest BCUT2D eigenvalue weighted by molar-refractivity contribution is -0.159. The average Bonchev–Trinajstić information content (AvgIpc) is 2.34. The van der Waals surface area contributed by atoms with Crippen LogP contribution < -0.4 is 5.73 Å². The highest BCUT2D eigenvalue weighted by Crippen LogP contribution is 2.32. The molecule has 0 aromatic heterocycles. The molecule has 1 aliphatic rings. The maximum Gasteiger partial charge on any atom is 0.399 e. The zero-order valence-corrected chi connectivity index (χ0v) is 11.7. The van der Waals surface area contributed by atoms with E-state index in [-0.39, 0.29) is 12.0 Å². The molecule has 1 unspecified atom stereocenters. The van der Waals surface area contributed by atoms with Gasteiger partial charge in [0, 0.05) is 6.54 Å². The third kappa shape index (κ3) is 4.72. The Morgan fingerprint density at radius 1 is 1.33 bits per heavy atom. The van der Waals surface area contributed by atoms with Crippen LogP contribution in [0.5, 0.6) is 0 Å². The zero-order valence-electron chi connectivity index (χ0n) is 10.9. The topological polar surface area (TPSA) is 29.3 Å². The second kappa shape index (κ2) is 5.74. The fourth-order valence-corrected chi connectivity index (χ4v) is 2.48. The summed E-state index contributed by atoms with van der Waals surface area (Å²) in [6.45, 7) is 5.59. The summed E-state index contributed by atoms with van der Waals surface area (Å²) >= 11 is 4.54. The summed E-state index contributed by atoms with van der Waals surface area (Å²) in [6.07, 6.45) is -1.45. The quantitative estimate of drug-likeness (QED) is 0.807. The maximum absolute atomic E-state index is 12.8. The molecule has 0 radical (unpaired) electrons. The van der Waals surface area contributed by atoms with Crippen molar-refractivity contribution in [3.05, 3.63) is 0 Å². The fourth-order valence-electron chi connectivity index (χ4n) is 2.27. The largest absolute Gasteiger partial charge is 0.399 e. The number of hydrogen-bond acceptors (Lipinski definition) is 2. The molecule has 0 bridgehead atoms. The minimum atomic E-state index is -4.34. The molecule has 0 saturated carbocycles. The second-order valence-electron chi connectivity index (χ2n) is 5.81. The van der Waals surface area contributed by atoms with E-state index in [1.165, 1.54) is 0 Å². The minimum Gasteiger partial charge on any atom is -0.393 e. The lowest BCUT2D eigenvalue weighted by Crippen LogP contribution is -2.43. The van der Waals surface area contributed by atoms with Gasteiger partial charge in [-0.3, -0.25) is 0 Å². The molecular weight excluding hydrogens is 261 g/mol. The van der Waals surface area contributed by atoms with Crippen LogP contribution >= 0.6 is 12.2 Å². The SMILES string of the molecule is CC1(C)CCCN(CC(C(N)=S)C(F)(F)F)CC1. The molecule has 0 aromatic carbocycles. The van der Waals surface area contributed by atoms with Gasteiger partial charge >= 0.3 is 6.18 Å². The second-order valence-corrected chi connectivity index (χ2v) is 6.29. The molecule has 1 heterocycles. The van der Waals surface area contributed by atoms with Crippen LogP contribution in [-0.2, 0) is 0 Å². The molecule has 2 nitrogen and oxygen atoms in total. The summed E-state index contributed by atoms with van der Waals surface area (Å²) in [6, 6.07) is 0. The van der Waals surface area contributed by atoms with Gasteiger partial charge in [0.15, 0.2) is 0 Å². The van der Waals surface area contributed by atoms with E-state index in [1.807, 2.05) is 4.90 Å². The maximum atomic E-state index is 12.8. The minimum absolute atomic E-state index is 0.102. The van der Waals surface area contributed by atoms with Gasteiger partial charge in [-0.05, 0) is 37.8 Å². The smallest absolute Gasteiger partial charge is 0.393 e. The molecule has 2 N–H and O–H groups in total. The Morgan fingerprint density at radius 2 is 1.94 bits per heavy atom. The van der Waals surface area contributed by atoms with Crippen molar-refractivity contribution >= 4 is 17.2 Å². The number of halogens is 3. The number of hydrogen-bond donors (Lipinski definition) is 1. The van der Waals surface area contributed by atoms with Gasteiger partial charge in [0.2, 0.25) is 0 Å². The van der Waals surface area contributed by atoms with Crippen LogP contribution in [0.15, 0.2) is 0 Å². The third-order valence-corrected chi connectivity index (χ3v) is 3.90. The van der Waals surface area contributed by atoms with Gasteiger partial charge < -0.3 is 10.6 Å². The summed E-state index contributed by atoms with van der Waals surface area (Å²) < 4.78 is 38.4. The van der Waals surface area contributed by atoms with Gasteiger partial charge in [0.1, 0.15) is 5.92 Å². The molecule has 0 spiro atoms. The lowest BCUT2D eigenvalue weighted by atomic mass is 9.85. The number of rotatable bonds is 3. The van der Waals surface area contributed by atoms with Gasteiger partial charge in [0.25, 0.3) is 0 Å². The molecule has 1 atom stereocenters. The molecule has 1 rings (SSSR count). The van der Waals surface area contributed by atoms with Crippen molar-refractivity contribution in [2.45, 2.75) is 39.3 Å². The summed E-state index contributed by atoms with van der Waals surface area (Å²) in [5.74, 6) is -1.69. The standard InChI is InChI=1S/C12H21F3N2S/c1-11(2)4-3-6-17(7-5-11)8-9(10(16)18)12(13,14)15/h9H,3-8H2,1-2H3,(H2,16,18). The van der Waals surface area contributed by atoms with Crippen molar-refractivity contribution < 1.29 is 13.2 Å². The first-order valence-corrected chi connectivity index (χ1v) is 6.61. The van der Waals surface area contributed by atoms with Gasteiger partial charge in [-0.15, -0.1) is 0 Å². The van der Waals surface area contributed by atoms with Crippen LogP contribution in [0.25, 0.3) is 0 Å². The van der Waals surface area contributed by atoms with Gasteiger partial charge in [-0.2, -0.15) is 13.2 Å². The highest BCUT2D eigenvalue weighted by atomic mass is 32.1. The molecule has 0 aliphatic carbocycles. The molecule has 106 valence electrons. The molecule has 1 aliphatic heterocycles. The van der Waals surface area contributed by atoms with Crippen molar-refractivity contribution in [1.82, 2.24) is 4.90 Å². The van der Waals surface area contributed by atoms with E-state index in [9.17, 15) is 13.2 Å². The van der Waals surface area contributed by atoms with Crippen molar-refractivity contribution in [2.24, 2.45) is 17.1 Å². The first kappa shape index (κ1) is 15.7. The Kier molecular flexibility index (Phi) is 5.00. The number of likely N-dealkylation sites (tertiary alicyclic amines) is 1. The number of alkyl halides is 3. The summed E-state index contributed by atoms with van der Waals surface area (Å²) in [4.78, 5) is 1.39. The highest BCUT2D eigenvalue weighted by Gasteiger charge is 2.42. The van der Waals surface area contributed by atoms with Crippen LogP contribution in [0.3, 0.4) is 0 Å². The van der Waals surface area contributed by atoms with Crippen LogP contribution in [0.1, 0.15) is 33.1 Å². The Bertz CT molecular complexity index is 302. The Labute approximate surface area is 112 Å². The Hall–Kier alpha value is -0.360. The first-order chi connectivity index (χ1) is 8.12. The number of nitrogens with two attached hydrogens (primary N) is 1. The molecule has 18 heavy (non-hydrogen) atoms. The van der Waals surface area contributed by atoms with Crippen molar-refractivity contribution in [3.8, 4) is 0 Å². The molecule has 6 heteroatoms. The van der Waals surface area contributed by atoms with Crippen LogP contribution in [-0.4, -0.2) is 35.7 Å². The molecule has 0 aromatic rings. The predicted molar refractivity (Wildman–Crippen MR) is 70.4 cm³/mol. The van der Waals surface area contributed by atoms with Crippen LogP contribution in [0.2, 0.25) is 0 Å². The highest BCUT2D eigenvalue weighted by molar-refractivity contribution is 7.80. The third-order valence-electron chi connectivity index (χ3n) is 3.61. The van der Waals surface area contributed by atoms with Crippen molar-refractivity contribution in [2.75, 3.05) is 19.6 Å². The van der Waals surface area contributed by atoms with E-state index in [0.29, 0.717) is 13.1 Å². The van der Waals surface area contributed by atoms with E-state index in [2.05, 4.69) is 26.1 Å². The van der Waals surface area contributed by atoms with Gasteiger partial charge in [0.05, 0.1) is 4.99 Å². The van der Waals surface area contributed by atoms with Crippen molar-refractivity contribution in [3.63, 3.8) is 0 Å². The average molecular weight is 282 g/mol. The summed E-state index contributed by atoms with van der Waals surface area (Å²) in [7, 11) is 0. The van der Waals surface area contributed by atoms with E-state index in [0.717, 1.165) is 19.3 Å². The summed E-state index contributed by atoms with van der Waals surface area (Å²) in [5.41, 5.74) is 5.43. The molecule has 0 amide bonds. The number of nitrogens with zero attached hydrogens (tertiary/aromatic N) is 1. The Morgan fingerprint density at radius 3 is 2.44 bits per heavy atom. The summed E-state index contributed by atoms with van der Waals surface area (Å²) in [5, 5.41) is 0. The van der Waals surface area contributed by atoms with Crippen LogP contribution in [0, 0.1) is 11.3 Å². The molecular formula is C12H21F3N2S. The lowest BCUT2D eigenvalue weighted by Gasteiger charge is -2.27. The van der Waals surface area contributed by atoms with E-state index in [1.54, 1.807) is 0 Å². The normalized spacial score (nSPS) is 23.4. The Balaban J connectivity index is 2.63. The van der Waals surface area contributed by atoms with Gasteiger partial charge in [-0.1, -0.05) is 26.1 Å². The van der Waals surface area contributed by atoms with E-state index in [4.69, 9.17) is 5.73 Å². The van der Waals surface area contributed by atoms with E-state index >= 15 is 0 Å². The fraction of sp³-hybridized carbons (Fsp3) is 0.917. The first-order valence-electron chi connectivity index (χ1n) is 6.20. The predicted octanol–water partition coefficient (Wildman–Crippen LogP) is 2.96. The number of thiocarbonyl (C=S) groups is 1. The molecule has 1 saturated heterocycles. The van der Waals surface area contributed by atoms with E-state index < -0.39 is 17.1 Å². The zero-order chi connectivity index (χ0) is 14.0. The monoisotopic (exact) mass is 282 g/mol.